The van der Waals surface area contributed by atoms with Crippen LogP contribution in [-0.2, 0) is 6.54 Å². The van der Waals surface area contributed by atoms with Gasteiger partial charge in [-0.05, 0) is 12.5 Å². The molecule has 1 aromatic heterocycles. The van der Waals surface area contributed by atoms with Crippen LogP contribution < -0.4 is 11.3 Å². The van der Waals surface area contributed by atoms with Gasteiger partial charge in [-0.2, -0.15) is 5.10 Å². The molecular formula is C12H15ClN4. The van der Waals surface area contributed by atoms with Gasteiger partial charge in [0.2, 0.25) is 0 Å². The Bertz CT molecular complexity index is 481. The fourth-order valence-corrected chi connectivity index (χ4v) is 2.14. The van der Waals surface area contributed by atoms with E-state index in [9.17, 15) is 0 Å². The van der Waals surface area contributed by atoms with E-state index in [1.165, 1.54) is 0 Å². The minimum atomic E-state index is -0.147. The van der Waals surface area contributed by atoms with Gasteiger partial charge in [-0.1, -0.05) is 41.9 Å². The average molecular weight is 251 g/mol. The molecule has 0 aliphatic rings. The molecule has 0 saturated carbocycles. The largest absolute Gasteiger partial charge is 0.271 e. The van der Waals surface area contributed by atoms with Crippen LogP contribution in [0.4, 0.5) is 0 Å². The van der Waals surface area contributed by atoms with E-state index >= 15 is 0 Å². The third-order valence-corrected chi connectivity index (χ3v) is 3.00. The topological polar surface area (TPSA) is 55.9 Å². The van der Waals surface area contributed by atoms with Crippen molar-refractivity contribution in [3.8, 4) is 0 Å². The number of aromatic nitrogens is 2. The Morgan fingerprint density at radius 1 is 1.41 bits per heavy atom. The maximum absolute atomic E-state index is 6.17. The SMILES string of the molecule is CCn1ncc(Cl)c1C(NN)c1ccccc1. The first kappa shape index (κ1) is 12.1. The number of nitrogens with zero attached hydrogens (tertiary/aromatic N) is 2. The first-order chi connectivity index (χ1) is 8.27. The normalized spacial score (nSPS) is 12.6. The van der Waals surface area contributed by atoms with E-state index in [1.807, 2.05) is 41.9 Å². The van der Waals surface area contributed by atoms with Gasteiger partial charge in [0.05, 0.1) is 23.0 Å². The van der Waals surface area contributed by atoms with Crippen LogP contribution in [0.1, 0.15) is 24.2 Å². The number of benzene rings is 1. The van der Waals surface area contributed by atoms with E-state index in [0.717, 1.165) is 17.8 Å². The van der Waals surface area contributed by atoms with Gasteiger partial charge in [0, 0.05) is 6.54 Å². The van der Waals surface area contributed by atoms with Gasteiger partial charge in [0.1, 0.15) is 0 Å². The summed E-state index contributed by atoms with van der Waals surface area (Å²) in [5.41, 5.74) is 4.74. The lowest BCUT2D eigenvalue weighted by atomic mass is 10.0. The van der Waals surface area contributed by atoms with Crippen molar-refractivity contribution in [2.75, 3.05) is 0 Å². The van der Waals surface area contributed by atoms with Crippen molar-refractivity contribution in [2.45, 2.75) is 19.5 Å². The highest BCUT2D eigenvalue weighted by molar-refractivity contribution is 6.31. The lowest BCUT2D eigenvalue weighted by Crippen LogP contribution is -2.30. The van der Waals surface area contributed by atoms with Gasteiger partial charge < -0.3 is 0 Å². The Labute approximate surface area is 105 Å². The first-order valence-electron chi connectivity index (χ1n) is 5.50. The predicted molar refractivity (Wildman–Crippen MR) is 68.5 cm³/mol. The molecule has 1 atom stereocenters. The fourth-order valence-electron chi connectivity index (χ4n) is 1.89. The third kappa shape index (κ3) is 2.34. The van der Waals surface area contributed by atoms with Gasteiger partial charge >= 0.3 is 0 Å². The number of hydrazine groups is 1. The molecule has 1 unspecified atom stereocenters. The first-order valence-corrected chi connectivity index (χ1v) is 5.88. The molecule has 0 bridgehead atoms. The van der Waals surface area contributed by atoms with Crippen LogP contribution in [0.5, 0.6) is 0 Å². The molecule has 1 heterocycles. The molecule has 0 spiro atoms. The smallest absolute Gasteiger partial charge is 0.0893 e. The van der Waals surface area contributed by atoms with E-state index < -0.39 is 0 Å². The second kappa shape index (κ2) is 5.31. The summed E-state index contributed by atoms with van der Waals surface area (Å²) < 4.78 is 1.85. The molecule has 4 nitrogen and oxygen atoms in total. The summed E-state index contributed by atoms with van der Waals surface area (Å²) in [6.45, 7) is 2.78. The summed E-state index contributed by atoms with van der Waals surface area (Å²) in [5, 5.41) is 4.84. The number of nitrogens with two attached hydrogens (primary N) is 1. The molecule has 0 fully saturated rings. The Kier molecular flexibility index (Phi) is 3.78. The van der Waals surface area contributed by atoms with E-state index in [4.69, 9.17) is 17.4 Å². The number of hydrogen-bond donors (Lipinski definition) is 2. The lowest BCUT2D eigenvalue weighted by Gasteiger charge is -2.18. The summed E-state index contributed by atoms with van der Waals surface area (Å²) >= 11 is 6.17. The van der Waals surface area contributed by atoms with E-state index in [1.54, 1.807) is 6.20 Å². The summed E-state index contributed by atoms with van der Waals surface area (Å²) in [6, 6.07) is 9.78. The van der Waals surface area contributed by atoms with Gasteiger partial charge in [0.25, 0.3) is 0 Å². The summed E-state index contributed by atoms with van der Waals surface area (Å²) in [4.78, 5) is 0. The predicted octanol–water partition coefficient (Wildman–Crippen LogP) is 2.11. The fraction of sp³-hybridized carbons (Fsp3) is 0.250. The highest BCUT2D eigenvalue weighted by Gasteiger charge is 2.20. The number of nitrogens with one attached hydrogen (secondary N) is 1. The van der Waals surface area contributed by atoms with Gasteiger partial charge in [0.15, 0.2) is 0 Å². The molecule has 17 heavy (non-hydrogen) atoms. The van der Waals surface area contributed by atoms with Crippen molar-refractivity contribution in [1.82, 2.24) is 15.2 Å². The number of hydrogen-bond acceptors (Lipinski definition) is 3. The molecule has 5 heteroatoms. The maximum atomic E-state index is 6.17. The molecule has 1 aromatic carbocycles. The van der Waals surface area contributed by atoms with Crippen molar-refractivity contribution in [2.24, 2.45) is 5.84 Å². The molecule has 2 rings (SSSR count). The number of rotatable bonds is 4. The molecule has 90 valence electrons. The van der Waals surface area contributed by atoms with Crippen molar-refractivity contribution in [1.29, 1.82) is 0 Å². The Hall–Kier alpha value is -1.36. The van der Waals surface area contributed by atoms with E-state index in [2.05, 4.69) is 10.5 Å². The van der Waals surface area contributed by atoms with Crippen LogP contribution in [0, 0.1) is 0 Å². The summed E-state index contributed by atoms with van der Waals surface area (Å²) in [7, 11) is 0. The van der Waals surface area contributed by atoms with Crippen LogP contribution in [0.2, 0.25) is 5.02 Å². The quantitative estimate of drug-likeness (QED) is 0.646. The van der Waals surface area contributed by atoms with Crippen LogP contribution >= 0.6 is 11.6 Å². The van der Waals surface area contributed by atoms with Gasteiger partial charge in [-0.15, -0.1) is 0 Å². The minimum Gasteiger partial charge on any atom is -0.271 e. The van der Waals surface area contributed by atoms with Gasteiger partial charge in [-0.25, -0.2) is 5.43 Å². The molecule has 0 amide bonds. The lowest BCUT2D eigenvalue weighted by molar-refractivity contribution is 0.543. The average Bonchev–Trinajstić information content (AvgIpc) is 2.74. The second-order valence-corrected chi connectivity index (χ2v) is 4.11. The summed E-state index contributed by atoms with van der Waals surface area (Å²) in [6.07, 6.45) is 1.65. The van der Waals surface area contributed by atoms with Crippen molar-refractivity contribution in [3.63, 3.8) is 0 Å². The molecule has 0 saturated heterocycles. The van der Waals surface area contributed by atoms with Crippen molar-refractivity contribution < 1.29 is 0 Å². The van der Waals surface area contributed by atoms with Crippen molar-refractivity contribution >= 4 is 11.6 Å². The molecular weight excluding hydrogens is 236 g/mol. The molecule has 0 aliphatic heterocycles. The molecule has 0 radical (unpaired) electrons. The minimum absolute atomic E-state index is 0.147. The van der Waals surface area contributed by atoms with Crippen LogP contribution in [0.25, 0.3) is 0 Å². The second-order valence-electron chi connectivity index (χ2n) is 3.70. The monoisotopic (exact) mass is 250 g/mol. The highest BCUT2D eigenvalue weighted by Crippen LogP contribution is 2.27. The molecule has 0 aliphatic carbocycles. The summed E-state index contributed by atoms with van der Waals surface area (Å²) in [5.74, 6) is 5.64. The van der Waals surface area contributed by atoms with Crippen molar-refractivity contribution in [3.05, 3.63) is 52.8 Å². The zero-order valence-corrected chi connectivity index (χ0v) is 10.4. The standard InChI is InChI=1S/C12H15ClN4/c1-2-17-12(10(13)8-15-17)11(16-14)9-6-4-3-5-7-9/h3-8,11,16H,2,14H2,1H3. The number of aryl methyl sites for hydroxylation is 1. The van der Waals surface area contributed by atoms with Crippen LogP contribution in [0.15, 0.2) is 36.5 Å². The van der Waals surface area contributed by atoms with Crippen LogP contribution in [-0.4, -0.2) is 9.78 Å². The van der Waals surface area contributed by atoms with E-state index in [-0.39, 0.29) is 6.04 Å². The van der Waals surface area contributed by atoms with Crippen LogP contribution in [0.3, 0.4) is 0 Å². The zero-order chi connectivity index (χ0) is 12.3. The Morgan fingerprint density at radius 3 is 2.71 bits per heavy atom. The zero-order valence-electron chi connectivity index (χ0n) is 9.60. The van der Waals surface area contributed by atoms with Gasteiger partial charge in [-0.3, -0.25) is 10.5 Å². The number of halogens is 1. The molecule has 2 aromatic rings. The Balaban J connectivity index is 2.45. The Morgan fingerprint density at radius 2 is 2.12 bits per heavy atom. The van der Waals surface area contributed by atoms with E-state index in [0.29, 0.717) is 5.02 Å². The third-order valence-electron chi connectivity index (χ3n) is 2.71. The maximum Gasteiger partial charge on any atom is 0.0893 e. The highest BCUT2D eigenvalue weighted by atomic mass is 35.5. The molecule has 3 N–H and O–H groups in total.